The minimum Gasteiger partial charge on any atom is -0.496 e. The van der Waals surface area contributed by atoms with Crippen molar-refractivity contribution in [1.29, 1.82) is 0 Å². The molecule has 0 spiro atoms. The zero-order valence-corrected chi connectivity index (χ0v) is 18.3. The van der Waals surface area contributed by atoms with Crippen molar-refractivity contribution in [3.05, 3.63) is 29.3 Å². The highest BCUT2D eigenvalue weighted by Gasteiger charge is 2.23. The van der Waals surface area contributed by atoms with Crippen molar-refractivity contribution < 1.29 is 14.2 Å². The lowest BCUT2D eigenvalue weighted by molar-refractivity contribution is -0.0721. The molecule has 1 aromatic rings. The summed E-state index contributed by atoms with van der Waals surface area (Å²) in [6.45, 7) is 9.32. The summed E-state index contributed by atoms with van der Waals surface area (Å²) in [5, 5.41) is 3.45. The maximum atomic E-state index is 6.15. The molecule has 2 fully saturated rings. The predicted octanol–water partition coefficient (Wildman–Crippen LogP) is 3.52. The van der Waals surface area contributed by atoms with E-state index in [1.54, 1.807) is 7.11 Å². The smallest absolute Gasteiger partial charge is 0.194 e. The van der Waals surface area contributed by atoms with Crippen molar-refractivity contribution in [2.45, 2.75) is 64.7 Å². The standard InChI is InChI=1S/C23H37N3O3/c1-4-24-23(25-16-19-8-9-22(27-3)18(2)15-19)26-12-10-20(11-13-26)29-17-21-7-5-6-14-28-21/h8-9,15,20-21H,4-7,10-14,16-17H2,1-3H3,(H,24,25). The number of hydrogen-bond donors (Lipinski definition) is 1. The molecule has 2 heterocycles. The molecule has 0 aromatic heterocycles. The number of aliphatic imine (C=N–C) groups is 1. The summed E-state index contributed by atoms with van der Waals surface area (Å²) in [6.07, 6.45) is 6.32. The Labute approximate surface area is 175 Å². The van der Waals surface area contributed by atoms with Gasteiger partial charge in [-0.1, -0.05) is 12.1 Å². The maximum Gasteiger partial charge on any atom is 0.194 e. The molecule has 1 N–H and O–H groups in total. The highest BCUT2D eigenvalue weighted by atomic mass is 16.5. The molecule has 0 amide bonds. The van der Waals surface area contributed by atoms with E-state index in [-0.39, 0.29) is 0 Å². The second-order valence-electron chi connectivity index (χ2n) is 7.98. The lowest BCUT2D eigenvalue weighted by Gasteiger charge is -2.35. The number of likely N-dealkylation sites (tertiary alicyclic amines) is 1. The van der Waals surface area contributed by atoms with E-state index < -0.39 is 0 Å². The molecule has 29 heavy (non-hydrogen) atoms. The fraction of sp³-hybridized carbons (Fsp3) is 0.696. The Bertz CT molecular complexity index is 651. The molecule has 6 heteroatoms. The predicted molar refractivity (Wildman–Crippen MR) is 117 cm³/mol. The largest absolute Gasteiger partial charge is 0.496 e. The molecule has 2 saturated heterocycles. The molecule has 2 aliphatic heterocycles. The minimum absolute atomic E-state index is 0.300. The third kappa shape index (κ3) is 6.61. The summed E-state index contributed by atoms with van der Waals surface area (Å²) < 4.78 is 17.3. The van der Waals surface area contributed by atoms with Crippen LogP contribution in [0.2, 0.25) is 0 Å². The van der Waals surface area contributed by atoms with Gasteiger partial charge >= 0.3 is 0 Å². The normalized spacial score (nSPS) is 21.3. The number of benzene rings is 1. The minimum atomic E-state index is 0.300. The Hall–Kier alpha value is -1.79. The van der Waals surface area contributed by atoms with Crippen molar-refractivity contribution >= 4 is 5.96 Å². The Morgan fingerprint density at radius 2 is 2.07 bits per heavy atom. The quantitative estimate of drug-likeness (QED) is 0.558. The first kappa shape index (κ1) is 21.9. The van der Waals surface area contributed by atoms with Gasteiger partial charge in [-0.2, -0.15) is 0 Å². The van der Waals surface area contributed by atoms with Crippen molar-refractivity contribution in [2.24, 2.45) is 4.99 Å². The second kappa shape index (κ2) is 11.4. The zero-order valence-electron chi connectivity index (χ0n) is 18.3. The third-order valence-corrected chi connectivity index (χ3v) is 5.74. The van der Waals surface area contributed by atoms with E-state index in [0.29, 0.717) is 18.8 Å². The molecule has 0 saturated carbocycles. The van der Waals surface area contributed by atoms with Gasteiger partial charge in [-0.15, -0.1) is 0 Å². The van der Waals surface area contributed by atoms with E-state index in [1.165, 1.54) is 18.4 Å². The first-order valence-electron chi connectivity index (χ1n) is 11.1. The highest BCUT2D eigenvalue weighted by molar-refractivity contribution is 5.80. The van der Waals surface area contributed by atoms with Crippen LogP contribution in [0.25, 0.3) is 0 Å². The van der Waals surface area contributed by atoms with Crippen molar-refractivity contribution in [3.63, 3.8) is 0 Å². The zero-order chi connectivity index (χ0) is 20.5. The molecule has 2 aliphatic rings. The van der Waals surface area contributed by atoms with Crippen LogP contribution in [0, 0.1) is 6.92 Å². The summed E-state index contributed by atoms with van der Waals surface area (Å²) in [7, 11) is 1.71. The molecule has 1 atom stereocenters. The molecule has 6 nitrogen and oxygen atoms in total. The Morgan fingerprint density at radius 1 is 1.24 bits per heavy atom. The van der Waals surface area contributed by atoms with Gasteiger partial charge in [0.1, 0.15) is 5.75 Å². The lowest BCUT2D eigenvalue weighted by atomic mass is 10.1. The summed E-state index contributed by atoms with van der Waals surface area (Å²) in [4.78, 5) is 7.24. The maximum absolute atomic E-state index is 6.15. The lowest BCUT2D eigenvalue weighted by Crippen LogP contribution is -2.47. The molecule has 0 aliphatic carbocycles. The molecule has 162 valence electrons. The van der Waals surface area contributed by atoms with Crippen LogP contribution in [-0.2, 0) is 16.0 Å². The van der Waals surface area contributed by atoms with Gasteiger partial charge in [0.2, 0.25) is 0 Å². The monoisotopic (exact) mass is 403 g/mol. The fourth-order valence-corrected chi connectivity index (χ4v) is 4.05. The van der Waals surface area contributed by atoms with Crippen molar-refractivity contribution in [2.75, 3.05) is 40.0 Å². The summed E-state index contributed by atoms with van der Waals surface area (Å²) in [6, 6.07) is 6.26. The summed E-state index contributed by atoms with van der Waals surface area (Å²) in [5.74, 6) is 1.92. The number of piperidine rings is 1. The molecule has 0 radical (unpaired) electrons. The Morgan fingerprint density at radius 3 is 2.72 bits per heavy atom. The van der Waals surface area contributed by atoms with Crippen molar-refractivity contribution in [1.82, 2.24) is 10.2 Å². The average Bonchev–Trinajstić information content (AvgIpc) is 2.76. The van der Waals surface area contributed by atoms with Crippen LogP contribution in [-0.4, -0.2) is 63.0 Å². The topological polar surface area (TPSA) is 55.3 Å². The van der Waals surface area contributed by atoms with Crippen LogP contribution < -0.4 is 10.1 Å². The van der Waals surface area contributed by atoms with E-state index in [9.17, 15) is 0 Å². The van der Waals surface area contributed by atoms with Gasteiger partial charge in [-0.05, 0) is 63.1 Å². The van der Waals surface area contributed by atoms with Gasteiger partial charge in [-0.3, -0.25) is 0 Å². The van der Waals surface area contributed by atoms with Gasteiger partial charge in [0, 0.05) is 26.2 Å². The SMILES string of the molecule is CCNC(=NCc1ccc(OC)c(C)c1)N1CCC(OCC2CCCCO2)CC1. The van der Waals surface area contributed by atoms with Crippen LogP contribution in [0.3, 0.4) is 0 Å². The first-order chi connectivity index (χ1) is 14.2. The number of guanidine groups is 1. The van der Waals surface area contributed by atoms with Crippen LogP contribution in [0.1, 0.15) is 50.2 Å². The molecule has 0 bridgehead atoms. The van der Waals surface area contributed by atoms with Gasteiger partial charge in [0.25, 0.3) is 0 Å². The van der Waals surface area contributed by atoms with Crippen LogP contribution in [0.15, 0.2) is 23.2 Å². The number of nitrogens with zero attached hydrogens (tertiary/aromatic N) is 2. The average molecular weight is 404 g/mol. The second-order valence-corrected chi connectivity index (χ2v) is 7.98. The number of methoxy groups -OCH3 is 1. The summed E-state index contributed by atoms with van der Waals surface area (Å²) in [5.41, 5.74) is 2.34. The van der Waals surface area contributed by atoms with Gasteiger partial charge in [-0.25, -0.2) is 4.99 Å². The number of ether oxygens (including phenoxy) is 3. The molecule has 1 aromatic carbocycles. The summed E-state index contributed by atoms with van der Waals surface area (Å²) >= 11 is 0. The number of aryl methyl sites for hydroxylation is 1. The first-order valence-corrected chi connectivity index (χ1v) is 11.1. The van der Waals surface area contributed by atoms with Crippen LogP contribution in [0.5, 0.6) is 5.75 Å². The number of hydrogen-bond acceptors (Lipinski definition) is 4. The number of nitrogens with one attached hydrogen (secondary N) is 1. The van der Waals surface area contributed by atoms with E-state index in [1.807, 2.05) is 6.07 Å². The third-order valence-electron chi connectivity index (χ3n) is 5.74. The van der Waals surface area contributed by atoms with E-state index in [0.717, 1.165) is 69.4 Å². The van der Waals surface area contributed by atoms with Gasteiger partial charge in [0.15, 0.2) is 5.96 Å². The van der Waals surface area contributed by atoms with E-state index in [4.69, 9.17) is 19.2 Å². The van der Waals surface area contributed by atoms with E-state index in [2.05, 4.69) is 36.2 Å². The van der Waals surface area contributed by atoms with E-state index >= 15 is 0 Å². The molecular weight excluding hydrogens is 366 g/mol. The molecular formula is C23H37N3O3. The Balaban J connectivity index is 1.49. The molecule has 1 unspecified atom stereocenters. The van der Waals surface area contributed by atoms with Gasteiger partial charge < -0.3 is 24.4 Å². The van der Waals surface area contributed by atoms with Crippen LogP contribution >= 0.6 is 0 Å². The van der Waals surface area contributed by atoms with Gasteiger partial charge in [0.05, 0.1) is 32.5 Å². The van der Waals surface area contributed by atoms with Crippen LogP contribution in [0.4, 0.5) is 0 Å². The van der Waals surface area contributed by atoms with Crippen molar-refractivity contribution in [3.8, 4) is 5.75 Å². The fourth-order valence-electron chi connectivity index (χ4n) is 4.05. The molecule has 3 rings (SSSR count). The Kier molecular flexibility index (Phi) is 8.62. The number of rotatable bonds is 7. The highest BCUT2D eigenvalue weighted by Crippen LogP contribution is 2.20.